The highest BCUT2D eigenvalue weighted by molar-refractivity contribution is 5.78. The molecule has 0 radical (unpaired) electrons. The zero-order chi connectivity index (χ0) is 17.6. The summed E-state index contributed by atoms with van der Waals surface area (Å²) in [5.74, 6) is 1.50. The van der Waals surface area contributed by atoms with E-state index in [1.807, 2.05) is 6.07 Å². The van der Waals surface area contributed by atoms with Crippen LogP contribution < -0.4 is 5.32 Å². The van der Waals surface area contributed by atoms with Gasteiger partial charge in [0, 0.05) is 31.9 Å². The Bertz CT molecular complexity index is 552. The van der Waals surface area contributed by atoms with Crippen LogP contribution in [0.4, 0.5) is 0 Å². The average Bonchev–Trinajstić information content (AvgIpc) is 3.07. The van der Waals surface area contributed by atoms with E-state index in [1.54, 1.807) is 0 Å². The maximum atomic E-state index is 12.6. The van der Waals surface area contributed by atoms with Gasteiger partial charge in [0.2, 0.25) is 5.91 Å². The molecule has 6 heteroatoms. The Labute approximate surface area is 150 Å². The molecule has 2 aliphatic heterocycles. The molecule has 3 rings (SSSR count). The first-order chi connectivity index (χ1) is 12.1. The zero-order valence-corrected chi connectivity index (χ0v) is 15.5. The van der Waals surface area contributed by atoms with E-state index >= 15 is 0 Å². The smallest absolute Gasteiger partial charge is 0.224 e. The summed E-state index contributed by atoms with van der Waals surface area (Å²) in [5.41, 5.74) is 0.961. The molecule has 1 amide bonds. The quantitative estimate of drug-likeness (QED) is 0.854. The predicted octanol–water partition coefficient (Wildman–Crippen LogP) is 2.38. The van der Waals surface area contributed by atoms with Crippen molar-refractivity contribution in [1.29, 1.82) is 0 Å². The molecule has 0 unspecified atom stereocenters. The molecule has 0 saturated carbocycles. The Kier molecular flexibility index (Phi) is 6.48. The van der Waals surface area contributed by atoms with Gasteiger partial charge in [-0.15, -0.1) is 0 Å². The molecule has 3 heterocycles. The predicted molar refractivity (Wildman–Crippen MR) is 95.0 cm³/mol. The molecule has 0 aliphatic carbocycles. The fourth-order valence-electron chi connectivity index (χ4n) is 3.87. The third kappa shape index (κ3) is 5.28. The summed E-state index contributed by atoms with van der Waals surface area (Å²) in [6.45, 7) is 8.41. The van der Waals surface area contributed by atoms with Gasteiger partial charge in [-0.3, -0.25) is 9.69 Å². The number of amides is 1. The number of carbonyl (C=O) groups excluding carboxylic acids is 1. The van der Waals surface area contributed by atoms with E-state index in [0.29, 0.717) is 18.5 Å². The minimum atomic E-state index is 0.0784. The molecule has 0 aromatic carbocycles. The van der Waals surface area contributed by atoms with Crippen LogP contribution in [-0.4, -0.2) is 48.3 Å². The largest absolute Gasteiger partial charge is 0.381 e. The van der Waals surface area contributed by atoms with Crippen molar-refractivity contribution in [3.63, 3.8) is 0 Å². The Morgan fingerprint density at radius 2 is 2.16 bits per heavy atom. The van der Waals surface area contributed by atoms with Crippen LogP contribution in [0.5, 0.6) is 0 Å². The lowest BCUT2D eigenvalue weighted by Crippen LogP contribution is -2.48. The summed E-state index contributed by atoms with van der Waals surface area (Å²) < 4.78 is 10.8. The number of rotatable bonds is 6. The zero-order valence-electron chi connectivity index (χ0n) is 15.5. The number of carbonyl (C=O) groups is 1. The van der Waals surface area contributed by atoms with Crippen LogP contribution in [0, 0.1) is 11.8 Å². The minimum Gasteiger partial charge on any atom is -0.381 e. The van der Waals surface area contributed by atoms with Crippen molar-refractivity contribution < 1.29 is 14.1 Å². The van der Waals surface area contributed by atoms with Gasteiger partial charge in [-0.05, 0) is 44.6 Å². The molecule has 1 aromatic rings. The van der Waals surface area contributed by atoms with Crippen LogP contribution >= 0.6 is 0 Å². The highest BCUT2D eigenvalue weighted by Crippen LogP contribution is 2.23. The first kappa shape index (κ1) is 18.4. The monoisotopic (exact) mass is 349 g/mol. The van der Waals surface area contributed by atoms with E-state index in [4.69, 9.17) is 9.26 Å². The average molecular weight is 349 g/mol. The highest BCUT2D eigenvalue weighted by atomic mass is 16.5. The molecular weight excluding hydrogens is 318 g/mol. The van der Waals surface area contributed by atoms with Gasteiger partial charge in [0.05, 0.1) is 18.2 Å². The number of nitrogens with one attached hydrogen (secondary N) is 1. The lowest BCUT2D eigenvalue weighted by atomic mass is 9.94. The third-order valence-corrected chi connectivity index (χ3v) is 5.19. The summed E-state index contributed by atoms with van der Waals surface area (Å²) in [7, 11) is 0. The second-order valence-corrected chi connectivity index (χ2v) is 7.78. The lowest BCUT2D eigenvalue weighted by Gasteiger charge is -2.39. The molecule has 1 atom stereocenters. The van der Waals surface area contributed by atoms with Gasteiger partial charge in [-0.2, -0.15) is 0 Å². The number of piperidine rings is 1. The van der Waals surface area contributed by atoms with Crippen LogP contribution in [-0.2, 0) is 22.5 Å². The first-order valence-electron chi connectivity index (χ1n) is 9.66. The first-order valence-corrected chi connectivity index (χ1v) is 9.66. The van der Waals surface area contributed by atoms with Crippen molar-refractivity contribution >= 4 is 5.91 Å². The van der Waals surface area contributed by atoms with E-state index in [1.165, 1.54) is 0 Å². The van der Waals surface area contributed by atoms with Gasteiger partial charge in [-0.1, -0.05) is 19.0 Å². The molecule has 2 aliphatic rings. The van der Waals surface area contributed by atoms with E-state index < -0.39 is 0 Å². The minimum absolute atomic E-state index is 0.0784. The van der Waals surface area contributed by atoms with E-state index in [0.717, 1.165) is 69.9 Å². The molecule has 2 fully saturated rings. The van der Waals surface area contributed by atoms with E-state index in [9.17, 15) is 4.79 Å². The second-order valence-electron chi connectivity index (χ2n) is 7.78. The van der Waals surface area contributed by atoms with E-state index in [-0.39, 0.29) is 11.8 Å². The molecule has 25 heavy (non-hydrogen) atoms. The number of nitrogens with zero attached hydrogens (tertiary/aromatic N) is 2. The molecule has 140 valence electrons. The molecular formula is C19H31N3O3. The maximum Gasteiger partial charge on any atom is 0.224 e. The fourth-order valence-corrected chi connectivity index (χ4v) is 3.87. The van der Waals surface area contributed by atoms with Gasteiger partial charge in [0.1, 0.15) is 0 Å². The van der Waals surface area contributed by atoms with Crippen LogP contribution in [0.3, 0.4) is 0 Å². The molecule has 2 saturated heterocycles. The van der Waals surface area contributed by atoms with Crippen LogP contribution in [0.15, 0.2) is 10.6 Å². The van der Waals surface area contributed by atoms with Gasteiger partial charge in [0.25, 0.3) is 0 Å². The standard InChI is InChI=1S/C19H31N3O3/c1-14(2)10-16-11-18(25-21-16)12-20-19(23)15-4-3-7-22(13-15)17-5-8-24-9-6-17/h11,14-15,17H,3-10,12-13H2,1-2H3,(H,20,23)/t15-/m1/s1. The molecule has 0 spiro atoms. The van der Waals surface area contributed by atoms with Crippen molar-refractivity contribution in [2.24, 2.45) is 11.8 Å². The fraction of sp³-hybridized carbons (Fsp3) is 0.789. The molecule has 1 N–H and O–H groups in total. The van der Waals surface area contributed by atoms with Crippen molar-refractivity contribution in [3.05, 3.63) is 17.5 Å². The number of likely N-dealkylation sites (tertiary alicyclic amines) is 1. The Hall–Kier alpha value is -1.40. The summed E-state index contributed by atoms with van der Waals surface area (Å²) in [4.78, 5) is 15.1. The Balaban J connectivity index is 1.46. The Morgan fingerprint density at radius 1 is 1.36 bits per heavy atom. The summed E-state index contributed by atoms with van der Waals surface area (Å²) in [5, 5.41) is 7.11. The maximum absolute atomic E-state index is 12.6. The lowest BCUT2D eigenvalue weighted by molar-refractivity contribution is -0.127. The number of hydrogen-bond donors (Lipinski definition) is 1. The van der Waals surface area contributed by atoms with Gasteiger partial charge in [0.15, 0.2) is 5.76 Å². The normalized spacial score (nSPS) is 23.1. The third-order valence-electron chi connectivity index (χ3n) is 5.19. The van der Waals surface area contributed by atoms with Gasteiger partial charge in [-0.25, -0.2) is 0 Å². The molecule has 0 bridgehead atoms. The number of hydrogen-bond acceptors (Lipinski definition) is 5. The second kappa shape index (κ2) is 8.81. The summed E-state index contributed by atoms with van der Waals surface area (Å²) in [6.07, 6.45) is 5.15. The topological polar surface area (TPSA) is 67.6 Å². The van der Waals surface area contributed by atoms with Crippen molar-refractivity contribution in [1.82, 2.24) is 15.4 Å². The van der Waals surface area contributed by atoms with Crippen LogP contribution in [0.25, 0.3) is 0 Å². The SMILES string of the molecule is CC(C)Cc1cc(CNC(=O)[C@@H]2CCCN(C3CCOCC3)C2)on1. The van der Waals surface area contributed by atoms with Crippen molar-refractivity contribution in [2.75, 3.05) is 26.3 Å². The van der Waals surface area contributed by atoms with Gasteiger partial charge < -0.3 is 14.6 Å². The summed E-state index contributed by atoms with van der Waals surface area (Å²) >= 11 is 0. The van der Waals surface area contributed by atoms with Crippen molar-refractivity contribution in [3.8, 4) is 0 Å². The number of ether oxygens (including phenoxy) is 1. The highest BCUT2D eigenvalue weighted by Gasteiger charge is 2.30. The Morgan fingerprint density at radius 3 is 2.92 bits per heavy atom. The van der Waals surface area contributed by atoms with Crippen molar-refractivity contribution in [2.45, 2.75) is 58.5 Å². The van der Waals surface area contributed by atoms with Crippen LogP contribution in [0.2, 0.25) is 0 Å². The van der Waals surface area contributed by atoms with E-state index in [2.05, 4.69) is 29.2 Å². The molecule has 1 aromatic heterocycles. The molecule has 6 nitrogen and oxygen atoms in total. The number of aromatic nitrogens is 1. The summed E-state index contributed by atoms with van der Waals surface area (Å²) in [6, 6.07) is 2.53. The van der Waals surface area contributed by atoms with Crippen LogP contribution in [0.1, 0.15) is 51.0 Å². The van der Waals surface area contributed by atoms with Gasteiger partial charge >= 0.3 is 0 Å².